The van der Waals surface area contributed by atoms with Crippen molar-refractivity contribution in [3.8, 4) is 0 Å². The van der Waals surface area contributed by atoms with Gasteiger partial charge in [0.15, 0.2) is 0 Å². The van der Waals surface area contributed by atoms with Crippen LogP contribution in [0.2, 0.25) is 0 Å². The molecule has 9 heteroatoms. The zero-order valence-corrected chi connectivity index (χ0v) is 12.6. The molecule has 0 bridgehead atoms. The molecule has 5 N–H and O–H groups in total. The zero-order chi connectivity index (χ0) is 16.0. The van der Waals surface area contributed by atoms with E-state index in [1.165, 1.54) is 11.3 Å². The normalized spacial score (nSPS) is 12.5. The summed E-state index contributed by atoms with van der Waals surface area (Å²) in [7, 11) is 0. The number of carboxylic acids is 1. The molecule has 1 aromatic heterocycles. The second kappa shape index (κ2) is 7.02. The van der Waals surface area contributed by atoms with Crippen LogP contribution in [0.5, 0.6) is 0 Å². The van der Waals surface area contributed by atoms with Gasteiger partial charge in [0.25, 0.3) is 0 Å². The predicted molar refractivity (Wildman–Crippen MR) is 76.7 cm³/mol. The Hall–Kier alpha value is -2.16. The molecule has 1 heterocycles. The molecule has 1 rings (SSSR count). The Morgan fingerprint density at radius 3 is 2.62 bits per heavy atom. The number of urea groups is 1. The maximum Gasteiger partial charge on any atom is 0.326 e. The van der Waals surface area contributed by atoms with Gasteiger partial charge in [0.2, 0.25) is 5.91 Å². The number of aromatic nitrogens is 1. The molecule has 0 aliphatic heterocycles. The number of nitrogens with two attached hydrogens (primary N) is 1. The number of carbonyl (C=O) groups is 3. The highest BCUT2D eigenvalue weighted by Crippen LogP contribution is 2.21. The number of nitrogens with zero attached hydrogens (tertiary/aromatic N) is 1. The van der Waals surface area contributed by atoms with Crippen LogP contribution in [0, 0.1) is 0 Å². The summed E-state index contributed by atoms with van der Waals surface area (Å²) in [6.07, 6.45) is 1.44. The molecule has 21 heavy (non-hydrogen) atoms. The van der Waals surface area contributed by atoms with Crippen LogP contribution in [0.4, 0.5) is 4.79 Å². The van der Waals surface area contributed by atoms with Crippen molar-refractivity contribution in [1.29, 1.82) is 0 Å². The lowest BCUT2D eigenvalue weighted by Crippen LogP contribution is -2.51. The van der Waals surface area contributed by atoms with Gasteiger partial charge in [-0.25, -0.2) is 14.6 Å². The summed E-state index contributed by atoms with van der Waals surface area (Å²) >= 11 is 1.38. The van der Waals surface area contributed by atoms with Gasteiger partial charge in [0.1, 0.15) is 11.0 Å². The molecule has 8 nitrogen and oxygen atoms in total. The second-order valence-corrected chi connectivity index (χ2v) is 5.85. The lowest BCUT2D eigenvalue weighted by Gasteiger charge is -2.25. The Kier molecular flexibility index (Phi) is 5.65. The number of carboxylic acid groups (broad SMARTS) is 1. The van der Waals surface area contributed by atoms with Crippen molar-refractivity contribution in [3.05, 3.63) is 16.6 Å². The Morgan fingerprint density at radius 2 is 2.14 bits per heavy atom. The fourth-order valence-corrected chi connectivity index (χ4v) is 2.33. The molecule has 0 aromatic carbocycles. The quantitative estimate of drug-likeness (QED) is 0.577. The van der Waals surface area contributed by atoms with E-state index >= 15 is 0 Å². The highest BCUT2D eigenvalue weighted by atomic mass is 32.1. The minimum absolute atomic E-state index is 0.0598. The van der Waals surface area contributed by atoms with E-state index in [-0.39, 0.29) is 12.8 Å². The van der Waals surface area contributed by atoms with Gasteiger partial charge in [-0.3, -0.25) is 4.79 Å². The number of primary amides is 1. The number of hydrogen-bond donors (Lipinski definition) is 4. The number of amides is 3. The lowest BCUT2D eigenvalue weighted by molar-refractivity contribution is -0.139. The average Bonchev–Trinajstić information content (AvgIpc) is 2.87. The molecule has 0 fully saturated rings. The van der Waals surface area contributed by atoms with E-state index in [0.717, 1.165) is 0 Å². The molecule has 1 atom stereocenters. The Bertz CT molecular complexity index is 515. The van der Waals surface area contributed by atoms with E-state index in [4.69, 9.17) is 10.8 Å². The lowest BCUT2D eigenvalue weighted by atomic mass is 10.1. The highest BCUT2D eigenvalue weighted by Gasteiger charge is 2.28. The Morgan fingerprint density at radius 1 is 1.48 bits per heavy atom. The van der Waals surface area contributed by atoms with Crippen molar-refractivity contribution in [1.82, 2.24) is 15.6 Å². The van der Waals surface area contributed by atoms with Crippen LogP contribution in [-0.2, 0) is 15.1 Å². The number of nitrogens with one attached hydrogen (secondary N) is 2. The first-order valence-electron chi connectivity index (χ1n) is 6.22. The van der Waals surface area contributed by atoms with Gasteiger partial charge in [-0.15, -0.1) is 11.3 Å². The van der Waals surface area contributed by atoms with Gasteiger partial charge in [-0.2, -0.15) is 0 Å². The van der Waals surface area contributed by atoms with Gasteiger partial charge in [0.05, 0.1) is 5.54 Å². The molecule has 0 saturated carbocycles. The first-order valence-corrected chi connectivity index (χ1v) is 7.10. The summed E-state index contributed by atoms with van der Waals surface area (Å²) in [5, 5.41) is 16.4. The van der Waals surface area contributed by atoms with E-state index in [1.807, 2.05) is 0 Å². The first kappa shape index (κ1) is 16.9. The van der Waals surface area contributed by atoms with Crippen molar-refractivity contribution < 1.29 is 19.5 Å². The van der Waals surface area contributed by atoms with Crippen molar-refractivity contribution in [2.45, 2.75) is 38.3 Å². The number of rotatable bonds is 7. The molecule has 0 spiro atoms. The molecule has 1 unspecified atom stereocenters. The molecule has 0 saturated heterocycles. The SMILES string of the molecule is CC(C)(NC(=O)NC(CCC(N)=O)C(=O)O)c1nccs1. The molecule has 3 amide bonds. The predicted octanol–water partition coefficient (Wildman–Crippen LogP) is 0.396. The van der Waals surface area contributed by atoms with Gasteiger partial charge < -0.3 is 21.5 Å². The second-order valence-electron chi connectivity index (χ2n) is 4.96. The van der Waals surface area contributed by atoms with E-state index in [2.05, 4.69) is 15.6 Å². The number of carbonyl (C=O) groups excluding carboxylic acids is 2. The van der Waals surface area contributed by atoms with Crippen molar-refractivity contribution in [2.75, 3.05) is 0 Å². The highest BCUT2D eigenvalue weighted by molar-refractivity contribution is 7.09. The third kappa shape index (κ3) is 5.38. The molecule has 1 aromatic rings. The van der Waals surface area contributed by atoms with Crippen LogP contribution < -0.4 is 16.4 Å². The van der Waals surface area contributed by atoms with Gasteiger partial charge in [0, 0.05) is 18.0 Å². The summed E-state index contributed by atoms with van der Waals surface area (Å²) in [6.45, 7) is 3.51. The first-order chi connectivity index (χ1) is 9.72. The van der Waals surface area contributed by atoms with Crippen LogP contribution in [-0.4, -0.2) is 34.0 Å². The maximum atomic E-state index is 11.9. The van der Waals surface area contributed by atoms with E-state index < -0.39 is 29.5 Å². The standard InChI is InChI=1S/C12H18N4O4S/c1-12(2,10-14-5-6-21-10)16-11(20)15-7(9(18)19)3-4-8(13)17/h5-7H,3-4H2,1-2H3,(H2,13,17)(H,18,19)(H2,15,16,20). The minimum Gasteiger partial charge on any atom is -0.480 e. The van der Waals surface area contributed by atoms with Crippen LogP contribution >= 0.6 is 11.3 Å². The van der Waals surface area contributed by atoms with Gasteiger partial charge in [-0.1, -0.05) is 0 Å². The minimum atomic E-state index is -1.22. The topological polar surface area (TPSA) is 134 Å². The summed E-state index contributed by atoms with van der Waals surface area (Å²) < 4.78 is 0. The monoisotopic (exact) mass is 314 g/mol. The zero-order valence-electron chi connectivity index (χ0n) is 11.8. The van der Waals surface area contributed by atoms with E-state index in [0.29, 0.717) is 5.01 Å². The molecular formula is C12H18N4O4S. The maximum absolute atomic E-state index is 11.9. The third-order valence-corrected chi connectivity index (χ3v) is 3.77. The molecule has 0 aliphatic carbocycles. The molecule has 0 radical (unpaired) electrons. The number of thiazole rings is 1. The van der Waals surface area contributed by atoms with Crippen molar-refractivity contribution in [3.63, 3.8) is 0 Å². The molecule has 116 valence electrons. The van der Waals surface area contributed by atoms with Crippen LogP contribution in [0.15, 0.2) is 11.6 Å². The largest absolute Gasteiger partial charge is 0.480 e. The third-order valence-electron chi connectivity index (χ3n) is 2.68. The Labute approximate surface area is 125 Å². The smallest absolute Gasteiger partial charge is 0.326 e. The summed E-state index contributed by atoms with van der Waals surface area (Å²) in [5.41, 5.74) is 4.24. The van der Waals surface area contributed by atoms with Crippen LogP contribution in [0.1, 0.15) is 31.7 Å². The average molecular weight is 314 g/mol. The Balaban J connectivity index is 2.61. The van der Waals surface area contributed by atoms with E-state index in [1.54, 1.807) is 25.4 Å². The molecule has 0 aliphatic rings. The van der Waals surface area contributed by atoms with Crippen molar-refractivity contribution in [2.24, 2.45) is 5.73 Å². The fraction of sp³-hybridized carbons (Fsp3) is 0.500. The van der Waals surface area contributed by atoms with E-state index in [9.17, 15) is 14.4 Å². The van der Waals surface area contributed by atoms with Crippen LogP contribution in [0.3, 0.4) is 0 Å². The number of aliphatic carboxylic acids is 1. The van der Waals surface area contributed by atoms with Crippen molar-refractivity contribution >= 4 is 29.2 Å². The fourth-order valence-electron chi connectivity index (χ4n) is 1.61. The van der Waals surface area contributed by atoms with Gasteiger partial charge >= 0.3 is 12.0 Å². The summed E-state index contributed by atoms with van der Waals surface area (Å²) in [6, 6.07) is -1.82. The summed E-state index contributed by atoms with van der Waals surface area (Å²) in [5.74, 6) is -1.84. The van der Waals surface area contributed by atoms with Gasteiger partial charge in [-0.05, 0) is 20.3 Å². The molecular weight excluding hydrogens is 296 g/mol. The van der Waals surface area contributed by atoms with Crippen LogP contribution in [0.25, 0.3) is 0 Å². The number of hydrogen-bond acceptors (Lipinski definition) is 5. The summed E-state index contributed by atoms with van der Waals surface area (Å²) in [4.78, 5) is 37.7.